The maximum atomic E-state index is 4.18. The van der Waals surface area contributed by atoms with Gasteiger partial charge < -0.3 is 5.73 Å². The van der Waals surface area contributed by atoms with Gasteiger partial charge >= 0.3 is 0 Å². The molecule has 0 aromatic carbocycles. The standard InChI is InChI=1S/C8H15N3/c1-8-4-6-10-11(8)7-3-2-5-9/h4,6H,2-3,5,7,9H2,1H3/p+1. The van der Waals surface area contributed by atoms with Crippen LogP contribution in [0.5, 0.6) is 0 Å². The van der Waals surface area contributed by atoms with Crippen LogP contribution in [0.1, 0.15) is 18.5 Å². The quantitative estimate of drug-likeness (QED) is 0.619. The Morgan fingerprint density at radius 1 is 1.55 bits per heavy atom. The lowest BCUT2D eigenvalue weighted by Gasteiger charge is -2.01. The van der Waals surface area contributed by atoms with Crippen LogP contribution in [-0.4, -0.2) is 16.3 Å². The highest BCUT2D eigenvalue weighted by Gasteiger charge is 1.95. The van der Waals surface area contributed by atoms with Crippen molar-refractivity contribution in [3.8, 4) is 0 Å². The SMILES string of the molecule is Cc1ccnn1CCCC[NH3+]. The molecule has 0 fully saturated rings. The summed E-state index contributed by atoms with van der Waals surface area (Å²) in [6, 6.07) is 2.03. The van der Waals surface area contributed by atoms with E-state index >= 15 is 0 Å². The van der Waals surface area contributed by atoms with Crippen molar-refractivity contribution in [2.24, 2.45) is 0 Å². The van der Waals surface area contributed by atoms with E-state index in [1.807, 2.05) is 16.9 Å². The maximum absolute atomic E-state index is 4.18. The normalized spacial score (nSPS) is 10.4. The van der Waals surface area contributed by atoms with Crippen LogP contribution in [0, 0.1) is 6.92 Å². The molecular weight excluding hydrogens is 138 g/mol. The summed E-state index contributed by atoms with van der Waals surface area (Å²) in [5.74, 6) is 0. The summed E-state index contributed by atoms with van der Waals surface area (Å²) in [4.78, 5) is 0. The van der Waals surface area contributed by atoms with Gasteiger partial charge in [-0.25, -0.2) is 0 Å². The monoisotopic (exact) mass is 154 g/mol. The fourth-order valence-corrected chi connectivity index (χ4v) is 1.07. The second-order valence-corrected chi connectivity index (χ2v) is 2.76. The number of hydrogen-bond donors (Lipinski definition) is 1. The summed E-state index contributed by atoms with van der Waals surface area (Å²) in [7, 11) is 0. The molecule has 11 heavy (non-hydrogen) atoms. The number of quaternary nitrogens is 1. The minimum Gasteiger partial charge on any atom is -0.358 e. The van der Waals surface area contributed by atoms with Gasteiger partial charge in [0.05, 0.1) is 6.54 Å². The van der Waals surface area contributed by atoms with Gasteiger partial charge in [-0.2, -0.15) is 5.10 Å². The van der Waals surface area contributed by atoms with E-state index in [1.54, 1.807) is 0 Å². The zero-order valence-electron chi connectivity index (χ0n) is 7.08. The topological polar surface area (TPSA) is 45.5 Å². The number of rotatable bonds is 4. The van der Waals surface area contributed by atoms with E-state index in [9.17, 15) is 0 Å². The third kappa shape index (κ3) is 2.35. The van der Waals surface area contributed by atoms with Crippen molar-refractivity contribution < 1.29 is 5.73 Å². The Morgan fingerprint density at radius 3 is 2.91 bits per heavy atom. The largest absolute Gasteiger partial charge is 0.358 e. The number of nitrogens with zero attached hydrogens (tertiary/aromatic N) is 2. The lowest BCUT2D eigenvalue weighted by Crippen LogP contribution is -2.50. The van der Waals surface area contributed by atoms with Crippen LogP contribution < -0.4 is 5.73 Å². The van der Waals surface area contributed by atoms with Gasteiger partial charge in [0.1, 0.15) is 0 Å². The Labute approximate surface area is 67.2 Å². The van der Waals surface area contributed by atoms with Crippen LogP contribution in [0.2, 0.25) is 0 Å². The van der Waals surface area contributed by atoms with E-state index in [-0.39, 0.29) is 0 Å². The molecule has 3 nitrogen and oxygen atoms in total. The summed E-state index contributed by atoms with van der Waals surface area (Å²) in [5.41, 5.74) is 5.04. The third-order valence-corrected chi connectivity index (χ3v) is 1.80. The van der Waals surface area contributed by atoms with Crippen molar-refractivity contribution in [1.29, 1.82) is 0 Å². The summed E-state index contributed by atoms with van der Waals surface area (Å²) in [5, 5.41) is 4.18. The Balaban J connectivity index is 2.32. The average molecular weight is 154 g/mol. The molecule has 0 saturated heterocycles. The van der Waals surface area contributed by atoms with Crippen LogP contribution in [0.15, 0.2) is 12.3 Å². The van der Waals surface area contributed by atoms with E-state index in [0.717, 1.165) is 13.1 Å². The van der Waals surface area contributed by atoms with E-state index in [2.05, 4.69) is 17.8 Å². The molecule has 1 aromatic rings. The molecule has 1 heterocycles. The molecule has 0 aliphatic heterocycles. The van der Waals surface area contributed by atoms with Gasteiger partial charge in [0, 0.05) is 18.4 Å². The van der Waals surface area contributed by atoms with Gasteiger partial charge in [-0.3, -0.25) is 4.68 Å². The molecular formula is C8H16N3+. The van der Waals surface area contributed by atoms with Crippen molar-refractivity contribution in [3.05, 3.63) is 18.0 Å². The number of aromatic nitrogens is 2. The summed E-state index contributed by atoms with van der Waals surface area (Å²) >= 11 is 0. The molecule has 0 bridgehead atoms. The maximum Gasteiger partial charge on any atom is 0.0740 e. The van der Waals surface area contributed by atoms with Gasteiger partial charge in [0.2, 0.25) is 0 Å². The van der Waals surface area contributed by atoms with Gasteiger partial charge in [-0.1, -0.05) is 0 Å². The molecule has 0 amide bonds. The Hall–Kier alpha value is -0.830. The van der Waals surface area contributed by atoms with E-state index in [1.165, 1.54) is 18.5 Å². The van der Waals surface area contributed by atoms with Gasteiger partial charge in [0.15, 0.2) is 0 Å². The van der Waals surface area contributed by atoms with Crippen LogP contribution in [0.25, 0.3) is 0 Å². The minimum absolute atomic E-state index is 1.03. The van der Waals surface area contributed by atoms with Crippen molar-refractivity contribution in [2.45, 2.75) is 26.3 Å². The number of unbranched alkanes of at least 4 members (excludes halogenated alkanes) is 1. The zero-order chi connectivity index (χ0) is 8.10. The highest BCUT2D eigenvalue weighted by Crippen LogP contribution is 1.98. The smallest absolute Gasteiger partial charge is 0.0740 e. The summed E-state index contributed by atoms with van der Waals surface area (Å²) < 4.78 is 2.04. The molecule has 3 heteroatoms. The van der Waals surface area contributed by atoms with Crippen molar-refractivity contribution in [2.75, 3.05) is 6.54 Å². The molecule has 0 radical (unpaired) electrons. The van der Waals surface area contributed by atoms with Gasteiger partial charge in [-0.15, -0.1) is 0 Å². The van der Waals surface area contributed by atoms with Gasteiger partial charge in [0.25, 0.3) is 0 Å². The molecule has 62 valence electrons. The fraction of sp³-hybridized carbons (Fsp3) is 0.625. The van der Waals surface area contributed by atoms with E-state index < -0.39 is 0 Å². The number of hydrogen-bond acceptors (Lipinski definition) is 1. The second kappa shape index (κ2) is 4.13. The highest BCUT2D eigenvalue weighted by molar-refractivity contribution is 4.96. The van der Waals surface area contributed by atoms with Crippen LogP contribution in [0.4, 0.5) is 0 Å². The molecule has 3 N–H and O–H groups in total. The lowest BCUT2D eigenvalue weighted by atomic mass is 10.3. The lowest BCUT2D eigenvalue weighted by molar-refractivity contribution is -0.368. The highest BCUT2D eigenvalue weighted by atomic mass is 15.3. The second-order valence-electron chi connectivity index (χ2n) is 2.76. The Morgan fingerprint density at radius 2 is 2.36 bits per heavy atom. The molecule has 1 rings (SSSR count). The molecule has 0 spiro atoms. The average Bonchev–Trinajstić information content (AvgIpc) is 2.37. The van der Waals surface area contributed by atoms with Crippen LogP contribution in [0.3, 0.4) is 0 Å². The molecule has 0 saturated carbocycles. The molecule has 0 unspecified atom stereocenters. The van der Waals surface area contributed by atoms with E-state index in [0.29, 0.717) is 0 Å². The zero-order valence-corrected chi connectivity index (χ0v) is 7.08. The van der Waals surface area contributed by atoms with Crippen LogP contribution in [-0.2, 0) is 6.54 Å². The molecule has 0 aliphatic rings. The van der Waals surface area contributed by atoms with Crippen molar-refractivity contribution in [1.82, 2.24) is 9.78 Å². The predicted octanol–water partition coefficient (Wildman–Crippen LogP) is 0.214. The molecule has 0 aliphatic carbocycles. The first-order valence-electron chi connectivity index (χ1n) is 4.12. The summed E-state index contributed by atoms with van der Waals surface area (Å²) in [6.45, 7) is 4.14. The first-order chi connectivity index (χ1) is 5.34. The first-order valence-corrected chi connectivity index (χ1v) is 4.12. The molecule has 1 aromatic heterocycles. The van der Waals surface area contributed by atoms with Crippen molar-refractivity contribution in [3.63, 3.8) is 0 Å². The Bertz CT molecular complexity index is 205. The first kappa shape index (κ1) is 8.27. The van der Waals surface area contributed by atoms with Gasteiger partial charge in [-0.05, 0) is 25.8 Å². The Kier molecular flexibility index (Phi) is 3.11. The predicted molar refractivity (Wildman–Crippen MR) is 44.0 cm³/mol. The van der Waals surface area contributed by atoms with E-state index in [4.69, 9.17) is 0 Å². The molecule has 0 atom stereocenters. The fourth-order valence-electron chi connectivity index (χ4n) is 1.07. The number of aryl methyl sites for hydroxylation is 2. The summed E-state index contributed by atoms with van der Waals surface area (Å²) in [6.07, 6.45) is 4.23. The van der Waals surface area contributed by atoms with Crippen molar-refractivity contribution >= 4 is 0 Å². The third-order valence-electron chi connectivity index (χ3n) is 1.80. The van der Waals surface area contributed by atoms with Crippen LogP contribution >= 0.6 is 0 Å². The minimum atomic E-state index is 1.03.